The number of phenolic OH excluding ortho intramolecular Hbond substituents is 1. The van der Waals surface area contributed by atoms with E-state index in [4.69, 9.17) is 14.7 Å². The van der Waals surface area contributed by atoms with Crippen molar-refractivity contribution in [1.82, 2.24) is 0 Å². The zero-order valence-corrected chi connectivity index (χ0v) is 9.75. The number of ether oxygens (including phenoxy) is 2. The molecule has 0 aliphatic carbocycles. The number of methoxy groups -OCH3 is 1. The van der Waals surface area contributed by atoms with Crippen molar-refractivity contribution in [2.24, 2.45) is 0 Å². The number of hydrogen-bond acceptors (Lipinski definition) is 4. The third-order valence-electron chi connectivity index (χ3n) is 2.39. The highest BCUT2D eigenvalue weighted by Crippen LogP contribution is 2.33. The van der Waals surface area contributed by atoms with Crippen molar-refractivity contribution in [2.75, 3.05) is 7.11 Å². The summed E-state index contributed by atoms with van der Waals surface area (Å²) in [4.78, 5) is 0. The Morgan fingerprint density at radius 2 is 1.89 bits per heavy atom. The second-order valence-corrected chi connectivity index (χ2v) is 3.54. The van der Waals surface area contributed by atoms with Crippen LogP contribution in [-0.4, -0.2) is 12.2 Å². The fraction of sp³-hybridized carbons (Fsp3) is 0.0714. The number of benzene rings is 2. The molecule has 0 saturated heterocycles. The number of nitriles is 1. The van der Waals surface area contributed by atoms with Crippen molar-refractivity contribution in [3.63, 3.8) is 0 Å². The van der Waals surface area contributed by atoms with Gasteiger partial charge in [-0.3, -0.25) is 0 Å². The van der Waals surface area contributed by atoms with Crippen molar-refractivity contribution >= 4 is 0 Å². The smallest absolute Gasteiger partial charge is 0.169 e. The molecule has 2 aromatic carbocycles. The van der Waals surface area contributed by atoms with E-state index < -0.39 is 0 Å². The van der Waals surface area contributed by atoms with E-state index in [0.29, 0.717) is 22.8 Å². The molecule has 0 heterocycles. The molecule has 2 rings (SSSR count). The molecule has 0 bridgehead atoms. The van der Waals surface area contributed by atoms with Crippen molar-refractivity contribution in [3.05, 3.63) is 48.0 Å². The van der Waals surface area contributed by atoms with Crippen molar-refractivity contribution in [2.45, 2.75) is 0 Å². The van der Waals surface area contributed by atoms with Crippen molar-refractivity contribution in [3.8, 4) is 29.1 Å². The molecule has 0 aliphatic rings. The Kier molecular flexibility index (Phi) is 3.35. The maximum absolute atomic E-state index is 9.62. The molecular weight excluding hydrogens is 230 g/mol. The van der Waals surface area contributed by atoms with Crippen molar-refractivity contribution in [1.29, 1.82) is 5.26 Å². The average Bonchev–Trinajstić information content (AvgIpc) is 2.41. The van der Waals surface area contributed by atoms with Gasteiger partial charge in [0.05, 0.1) is 12.7 Å². The van der Waals surface area contributed by atoms with Crippen LogP contribution in [0.5, 0.6) is 23.0 Å². The number of para-hydroxylation sites is 2. The third-order valence-corrected chi connectivity index (χ3v) is 2.39. The highest BCUT2D eigenvalue weighted by molar-refractivity contribution is 5.51. The minimum absolute atomic E-state index is 0.0178. The van der Waals surface area contributed by atoms with Gasteiger partial charge in [-0.25, -0.2) is 0 Å². The molecule has 0 aromatic heterocycles. The molecular formula is C14H11NO3. The first-order valence-electron chi connectivity index (χ1n) is 5.28. The first-order chi connectivity index (χ1) is 8.74. The molecule has 0 fully saturated rings. The van der Waals surface area contributed by atoms with Crippen LogP contribution in [0.1, 0.15) is 5.56 Å². The van der Waals surface area contributed by atoms with Gasteiger partial charge in [0.2, 0.25) is 0 Å². The van der Waals surface area contributed by atoms with Crippen LogP contribution in [0.15, 0.2) is 42.5 Å². The standard InChI is InChI=1S/C14H11NO3/c1-17-11-7-6-10(9-15)14(8-11)18-13-5-3-2-4-12(13)16/h2-8,16H,1H3. The van der Waals surface area contributed by atoms with Gasteiger partial charge in [-0.2, -0.15) is 5.26 Å². The van der Waals surface area contributed by atoms with Crippen LogP contribution in [0.2, 0.25) is 0 Å². The highest BCUT2D eigenvalue weighted by Gasteiger charge is 2.09. The van der Waals surface area contributed by atoms with Gasteiger partial charge >= 0.3 is 0 Å². The van der Waals surface area contributed by atoms with Gasteiger partial charge in [0.1, 0.15) is 17.6 Å². The second kappa shape index (κ2) is 5.11. The second-order valence-electron chi connectivity index (χ2n) is 3.54. The molecule has 4 nitrogen and oxygen atoms in total. The fourth-order valence-corrected chi connectivity index (χ4v) is 1.47. The maximum Gasteiger partial charge on any atom is 0.169 e. The lowest BCUT2D eigenvalue weighted by molar-refractivity contribution is 0.397. The van der Waals surface area contributed by atoms with E-state index in [-0.39, 0.29) is 5.75 Å². The zero-order chi connectivity index (χ0) is 13.0. The summed E-state index contributed by atoms with van der Waals surface area (Å²) in [6, 6.07) is 13.5. The van der Waals surface area contributed by atoms with Gasteiger partial charge < -0.3 is 14.6 Å². The van der Waals surface area contributed by atoms with E-state index in [1.54, 1.807) is 36.4 Å². The van der Waals surface area contributed by atoms with E-state index in [2.05, 4.69) is 0 Å². The Hall–Kier alpha value is -2.67. The number of phenols is 1. The SMILES string of the molecule is COc1ccc(C#N)c(Oc2ccccc2O)c1. The molecule has 0 unspecified atom stereocenters. The van der Waals surface area contributed by atoms with Gasteiger partial charge in [-0.15, -0.1) is 0 Å². The highest BCUT2D eigenvalue weighted by atomic mass is 16.5. The van der Waals surface area contributed by atoms with Gasteiger partial charge in [0, 0.05) is 6.07 Å². The number of hydrogen-bond donors (Lipinski definition) is 1. The third kappa shape index (κ3) is 2.36. The van der Waals surface area contributed by atoms with Crippen LogP contribution in [0.3, 0.4) is 0 Å². The van der Waals surface area contributed by atoms with Crippen molar-refractivity contribution < 1.29 is 14.6 Å². The summed E-state index contributed by atoms with van der Waals surface area (Å²) in [6.45, 7) is 0. The summed E-state index contributed by atoms with van der Waals surface area (Å²) >= 11 is 0. The predicted molar refractivity (Wildman–Crippen MR) is 65.9 cm³/mol. The lowest BCUT2D eigenvalue weighted by atomic mass is 10.2. The first-order valence-corrected chi connectivity index (χ1v) is 5.28. The summed E-state index contributed by atoms with van der Waals surface area (Å²) < 4.78 is 10.6. The van der Waals surface area contributed by atoms with E-state index in [9.17, 15) is 5.11 Å². The Balaban J connectivity index is 2.39. The van der Waals surface area contributed by atoms with E-state index in [0.717, 1.165) is 0 Å². The molecule has 0 atom stereocenters. The molecule has 1 N–H and O–H groups in total. The number of aromatic hydroxyl groups is 1. The topological polar surface area (TPSA) is 62.5 Å². The molecule has 0 aliphatic heterocycles. The van der Waals surface area contributed by atoms with Gasteiger partial charge in [0.15, 0.2) is 11.5 Å². The van der Waals surface area contributed by atoms with E-state index in [1.807, 2.05) is 6.07 Å². The summed E-state index contributed by atoms with van der Waals surface area (Å²) in [7, 11) is 1.53. The van der Waals surface area contributed by atoms with Crippen LogP contribution in [-0.2, 0) is 0 Å². The van der Waals surface area contributed by atoms with Gasteiger partial charge in [-0.1, -0.05) is 12.1 Å². The van der Waals surface area contributed by atoms with Gasteiger partial charge in [0.25, 0.3) is 0 Å². The zero-order valence-electron chi connectivity index (χ0n) is 9.75. The lowest BCUT2D eigenvalue weighted by Gasteiger charge is -2.10. The van der Waals surface area contributed by atoms with E-state index >= 15 is 0 Å². The fourth-order valence-electron chi connectivity index (χ4n) is 1.47. The maximum atomic E-state index is 9.62. The Labute approximate surface area is 105 Å². The number of rotatable bonds is 3. The molecule has 2 aromatic rings. The van der Waals surface area contributed by atoms with Crippen LogP contribution < -0.4 is 9.47 Å². The Morgan fingerprint density at radius 3 is 2.56 bits per heavy atom. The molecule has 0 spiro atoms. The Morgan fingerprint density at radius 1 is 1.11 bits per heavy atom. The van der Waals surface area contributed by atoms with Crippen LogP contribution in [0.25, 0.3) is 0 Å². The molecule has 0 saturated carbocycles. The van der Waals surface area contributed by atoms with Crippen LogP contribution >= 0.6 is 0 Å². The van der Waals surface area contributed by atoms with Crippen LogP contribution in [0, 0.1) is 11.3 Å². The minimum Gasteiger partial charge on any atom is -0.504 e. The lowest BCUT2D eigenvalue weighted by Crippen LogP contribution is -1.90. The molecule has 0 amide bonds. The number of nitrogens with zero attached hydrogens (tertiary/aromatic N) is 1. The monoisotopic (exact) mass is 241 g/mol. The molecule has 0 radical (unpaired) electrons. The quantitative estimate of drug-likeness (QED) is 0.897. The molecule has 4 heteroatoms. The minimum atomic E-state index is 0.0178. The Bertz CT molecular complexity index is 602. The van der Waals surface area contributed by atoms with Crippen LogP contribution in [0.4, 0.5) is 0 Å². The summed E-state index contributed by atoms with van der Waals surface area (Å²) in [5.74, 6) is 1.24. The first kappa shape index (κ1) is 11.8. The predicted octanol–water partition coefficient (Wildman–Crippen LogP) is 3.06. The normalized spacial score (nSPS) is 9.56. The molecule has 90 valence electrons. The van der Waals surface area contributed by atoms with E-state index in [1.165, 1.54) is 13.2 Å². The summed E-state index contributed by atoms with van der Waals surface area (Å²) in [6.07, 6.45) is 0. The average molecular weight is 241 g/mol. The summed E-state index contributed by atoms with van der Waals surface area (Å²) in [5.41, 5.74) is 0.374. The molecule has 18 heavy (non-hydrogen) atoms. The summed E-state index contributed by atoms with van der Waals surface area (Å²) in [5, 5.41) is 18.6. The van der Waals surface area contributed by atoms with Gasteiger partial charge in [-0.05, 0) is 24.3 Å². The largest absolute Gasteiger partial charge is 0.504 e.